The van der Waals surface area contributed by atoms with Crippen LogP contribution >= 0.6 is 11.8 Å². The molecule has 1 N–H and O–H groups in total. The molecular formula is C19H25FN2O3S. The van der Waals surface area contributed by atoms with Gasteiger partial charge in [-0.3, -0.25) is 9.69 Å². The normalized spacial score (nSPS) is 25.8. The number of hydrogen-bond acceptors (Lipinski definition) is 4. The van der Waals surface area contributed by atoms with E-state index in [1.54, 1.807) is 18.7 Å². The largest absolute Gasteiger partial charge is 0.450 e. The molecule has 2 fully saturated rings. The molecule has 0 bridgehead atoms. The number of benzene rings is 1. The highest BCUT2D eigenvalue weighted by Gasteiger charge is 2.36. The maximum Gasteiger partial charge on any atom is 0.411 e. The lowest BCUT2D eigenvalue weighted by Gasteiger charge is -2.31. The van der Waals surface area contributed by atoms with Crippen LogP contribution in [0.15, 0.2) is 24.3 Å². The Hall–Kier alpha value is -1.76. The smallest absolute Gasteiger partial charge is 0.411 e. The van der Waals surface area contributed by atoms with Gasteiger partial charge < -0.3 is 10.1 Å². The van der Waals surface area contributed by atoms with Crippen molar-refractivity contribution in [2.24, 2.45) is 0 Å². The van der Waals surface area contributed by atoms with Gasteiger partial charge in [0.05, 0.1) is 12.5 Å². The highest BCUT2D eigenvalue weighted by molar-refractivity contribution is 7.99. The Morgan fingerprint density at radius 1 is 1.23 bits per heavy atom. The molecule has 1 aliphatic heterocycles. The van der Waals surface area contributed by atoms with E-state index in [0.29, 0.717) is 24.2 Å². The molecule has 0 radical (unpaired) electrons. The highest BCUT2D eigenvalue weighted by Crippen LogP contribution is 2.33. The summed E-state index contributed by atoms with van der Waals surface area (Å²) in [7, 11) is 0. The van der Waals surface area contributed by atoms with Crippen LogP contribution in [0.25, 0.3) is 0 Å². The molecule has 1 aromatic rings. The molecule has 1 saturated heterocycles. The van der Waals surface area contributed by atoms with Crippen molar-refractivity contribution in [3.05, 3.63) is 35.6 Å². The Labute approximate surface area is 157 Å². The molecule has 1 heterocycles. The molecule has 2 amide bonds. The van der Waals surface area contributed by atoms with Crippen LogP contribution in [-0.2, 0) is 9.53 Å². The van der Waals surface area contributed by atoms with E-state index >= 15 is 0 Å². The summed E-state index contributed by atoms with van der Waals surface area (Å²) in [6.07, 6.45) is 3.31. The number of halogens is 1. The molecule has 1 aliphatic carbocycles. The summed E-state index contributed by atoms with van der Waals surface area (Å²) in [4.78, 5) is 26.1. The minimum atomic E-state index is -0.450. The standard InChI is InChI=1S/C19H25FN2O3S/c1-2-25-19(24)22-12-26-11-17(22)18(23)21-16-9-5-14(6-10-16)13-3-7-15(20)8-4-13/h3-4,7-8,14,16-17H,2,5-6,9-12H2,1H3,(H,21,23). The van der Waals surface area contributed by atoms with E-state index in [0.717, 1.165) is 31.2 Å². The van der Waals surface area contributed by atoms with Gasteiger partial charge in [0, 0.05) is 11.8 Å². The predicted octanol–water partition coefficient (Wildman–Crippen LogP) is 3.50. The first-order chi connectivity index (χ1) is 12.6. The van der Waals surface area contributed by atoms with Gasteiger partial charge >= 0.3 is 6.09 Å². The summed E-state index contributed by atoms with van der Waals surface area (Å²) in [5.41, 5.74) is 1.16. The number of carbonyl (C=O) groups excluding carboxylic acids is 2. The van der Waals surface area contributed by atoms with Crippen molar-refractivity contribution in [1.82, 2.24) is 10.2 Å². The van der Waals surface area contributed by atoms with Gasteiger partial charge in [0.1, 0.15) is 11.9 Å². The Morgan fingerprint density at radius 2 is 1.92 bits per heavy atom. The Balaban J connectivity index is 1.50. The van der Waals surface area contributed by atoms with Gasteiger partial charge in [0.25, 0.3) is 0 Å². The predicted molar refractivity (Wildman–Crippen MR) is 99.5 cm³/mol. The molecule has 1 unspecified atom stereocenters. The number of amides is 2. The van der Waals surface area contributed by atoms with E-state index in [9.17, 15) is 14.0 Å². The van der Waals surface area contributed by atoms with Gasteiger partial charge in [0.2, 0.25) is 5.91 Å². The fraction of sp³-hybridized carbons (Fsp3) is 0.579. The summed E-state index contributed by atoms with van der Waals surface area (Å²) in [5.74, 6) is 1.22. The third kappa shape index (κ3) is 4.50. The molecule has 0 spiro atoms. The van der Waals surface area contributed by atoms with Crippen LogP contribution in [0.1, 0.15) is 44.1 Å². The van der Waals surface area contributed by atoms with E-state index in [2.05, 4.69) is 5.32 Å². The van der Waals surface area contributed by atoms with Crippen LogP contribution in [0.3, 0.4) is 0 Å². The fourth-order valence-corrected chi connectivity index (χ4v) is 4.79. The zero-order valence-electron chi connectivity index (χ0n) is 14.9. The second kappa shape index (κ2) is 8.75. The molecule has 0 aromatic heterocycles. The SMILES string of the molecule is CCOC(=O)N1CSCC1C(=O)NC1CCC(c2ccc(F)cc2)CC1. The maximum atomic E-state index is 13.1. The van der Waals surface area contributed by atoms with Gasteiger partial charge in [-0.2, -0.15) is 0 Å². The van der Waals surface area contributed by atoms with Crippen LogP contribution in [0, 0.1) is 5.82 Å². The van der Waals surface area contributed by atoms with E-state index in [1.165, 1.54) is 17.0 Å². The lowest BCUT2D eigenvalue weighted by atomic mass is 9.81. The third-order valence-electron chi connectivity index (χ3n) is 5.10. The van der Waals surface area contributed by atoms with Crippen molar-refractivity contribution in [2.45, 2.75) is 50.6 Å². The van der Waals surface area contributed by atoms with Crippen molar-refractivity contribution >= 4 is 23.8 Å². The molecular weight excluding hydrogens is 355 g/mol. The molecule has 7 heteroatoms. The van der Waals surface area contributed by atoms with Gasteiger partial charge in [-0.15, -0.1) is 11.8 Å². The fourth-order valence-electron chi connectivity index (χ4n) is 3.65. The van der Waals surface area contributed by atoms with Gasteiger partial charge in [0.15, 0.2) is 0 Å². The zero-order chi connectivity index (χ0) is 18.5. The van der Waals surface area contributed by atoms with Crippen LogP contribution in [0.2, 0.25) is 0 Å². The number of nitrogens with one attached hydrogen (secondary N) is 1. The lowest BCUT2D eigenvalue weighted by Crippen LogP contribution is -2.50. The number of thioether (sulfide) groups is 1. The van der Waals surface area contributed by atoms with Crippen molar-refractivity contribution < 1.29 is 18.7 Å². The van der Waals surface area contributed by atoms with Crippen molar-refractivity contribution in [3.8, 4) is 0 Å². The van der Waals surface area contributed by atoms with Crippen molar-refractivity contribution in [2.75, 3.05) is 18.2 Å². The number of ether oxygens (including phenoxy) is 1. The van der Waals surface area contributed by atoms with Gasteiger partial charge in [-0.05, 0) is 56.2 Å². The second-order valence-corrected chi connectivity index (χ2v) is 7.79. The summed E-state index contributed by atoms with van der Waals surface area (Å²) >= 11 is 1.57. The first-order valence-electron chi connectivity index (χ1n) is 9.15. The van der Waals surface area contributed by atoms with E-state index in [1.807, 2.05) is 12.1 Å². The number of carbonyl (C=O) groups is 2. The van der Waals surface area contributed by atoms with E-state index < -0.39 is 12.1 Å². The highest BCUT2D eigenvalue weighted by atomic mass is 32.2. The Kier molecular flexibility index (Phi) is 6.40. The summed E-state index contributed by atoms with van der Waals surface area (Å²) in [6.45, 7) is 2.07. The van der Waals surface area contributed by atoms with E-state index in [-0.39, 0.29) is 17.8 Å². The number of rotatable bonds is 4. The first-order valence-corrected chi connectivity index (χ1v) is 10.3. The average Bonchev–Trinajstić information content (AvgIpc) is 3.13. The molecule has 26 heavy (non-hydrogen) atoms. The van der Waals surface area contributed by atoms with Crippen molar-refractivity contribution in [3.63, 3.8) is 0 Å². The second-order valence-electron chi connectivity index (χ2n) is 6.79. The molecule has 1 aromatic carbocycles. The molecule has 142 valence electrons. The van der Waals surface area contributed by atoms with Crippen LogP contribution in [-0.4, -0.2) is 47.2 Å². The topological polar surface area (TPSA) is 58.6 Å². The molecule has 1 atom stereocenters. The number of hydrogen-bond donors (Lipinski definition) is 1. The molecule has 3 rings (SSSR count). The molecule has 1 saturated carbocycles. The Morgan fingerprint density at radius 3 is 2.58 bits per heavy atom. The van der Waals surface area contributed by atoms with E-state index in [4.69, 9.17) is 4.74 Å². The minimum absolute atomic E-state index is 0.0896. The third-order valence-corrected chi connectivity index (χ3v) is 6.11. The zero-order valence-corrected chi connectivity index (χ0v) is 15.8. The lowest BCUT2D eigenvalue weighted by molar-refractivity contribution is -0.125. The first kappa shape index (κ1) is 19.0. The van der Waals surface area contributed by atoms with Crippen LogP contribution in [0.5, 0.6) is 0 Å². The van der Waals surface area contributed by atoms with Gasteiger partial charge in [-0.25, -0.2) is 9.18 Å². The molecule has 5 nitrogen and oxygen atoms in total. The summed E-state index contributed by atoms with van der Waals surface area (Å²) in [5, 5.41) is 3.11. The van der Waals surface area contributed by atoms with Crippen LogP contribution < -0.4 is 5.32 Å². The number of nitrogens with zero attached hydrogens (tertiary/aromatic N) is 1. The van der Waals surface area contributed by atoms with Crippen molar-refractivity contribution in [1.29, 1.82) is 0 Å². The Bertz CT molecular complexity index is 632. The minimum Gasteiger partial charge on any atom is -0.450 e. The maximum absolute atomic E-state index is 13.1. The summed E-state index contributed by atoms with van der Waals surface area (Å²) in [6, 6.07) is 6.40. The molecule has 2 aliphatic rings. The monoisotopic (exact) mass is 380 g/mol. The quantitative estimate of drug-likeness (QED) is 0.869. The van der Waals surface area contributed by atoms with Gasteiger partial charge in [-0.1, -0.05) is 12.1 Å². The summed E-state index contributed by atoms with van der Waals surface area (Å²) < 4.78 is 18.1. The van der Waals surface area contributed by atoms with Crippen LogP contribution in [0.4, 0.5) is 9.18 Å². The average molecular weight is 380 g/mol.